The highest BCUT2D eigenvalue weighted by Crippen LogP contribution is 2.28. The van der Waals surface area contributed by atoms with Crippen LogP contribution in [0, 0.1) is 0 Å². The van der Waals surface area contributed by atoms with E-state index in [1.807, 2.05) is 48.5 Å². The van der Waals surface area contributed by atoms with Gasteiger partial charge in [0.15, 0.2) is 0 Å². The number of aromatic nitrogens is 7. The molecule has 25 heavy (non-hydrogen) atoms. The normalized spacial score (nSPS) is 11.2. The predicted molar refractivity (Wildman–Crippen MR) is 94.9 cm³/mol. The SMILES string of the molecule is c1ccc(-c2cc(-c3nnc4sc(-c5cccnc5)nn34)[nH]n2)cc1. The summed E-state index contributed by atoms with van der Waals surface area (Å²) in [4.78, 5) is 4.86. The Morgan fingerprint density at radius 1 is 0.960 bits per heavy atom. The monoisotopic (exact) mass is 345 g/mol. The summed E-state index contributed by atoms with van der Waals surface area (Å²) in [6, 6.07) is 15.8. The Kier molecular flexibility index (Phi) is 3.14. The molecule has 0 amide bonds. The molecule has 0 aliphatic heterocycles. The van der Waals surface area contributed by atoms with E-state index in [0.717, 1.165) is 32.5 Å². The Morgan fingerprint density at radius 2 is 1.84 bits per heavy atom. The van der Waals surface area contributed by atoms with Crippen LogP contribution in [0.15, 0.2) is 60.9 Å². The van der Waals surface area contributed by atoms with Crippen LogP contribution in [0.5, 0.6) is 0 Å². The summed E-state index contributed by atoms with van der Waals surface area (Å²) in [6.07, 6.45) is 3.53. The minimum Gasteiger partial charge on any atom is -0.274 e. The van der Waals surface area contributed by atoms with Gasteiger partial charge >= 0.3 is 0 Å². The number of hydrogen-bond donors (Lipinski definition) is 1. The molecular weight excluding hydrogens is 334 g/mol. The van der Waals surface area contributed by atoms with Crippen LogP contribution in [0.25, 0.3) is 38.3 Å². The predicted octanol–water partition coefficient (Wildman–Crippen LogP) is 3.30. The largest absolute Gasteiger partial charge is 0.274 e. The van der Waals surface area contributed by atoms with Gasteiger partial charge in [-0.1, -0.05) is 41.7 Å². The lowest BCUT2D eigenvalue weighted by molar-refractivity contribution is 0.954. The van der Waals surface area contributed by atoms with Gasteiger partial charge in [0, 0.05) is 23.5 Å². The van der Waals surface area contributed by atoms with Crippen LogP contribution < -0.4 is 0 Å². The fourth-order valence-electron chi connectivity index (χ4n) is 2.58. The van der Waals surface area contributed by atoms with E-state index >= 15 is 0 Å². The number of nitrogens with zero attached hydrogens (tertiary/aromatic N) is 6. The van der Waals surface area contributed by atoms with Crippen LogP contribution in [0.3, 0.4) is 0 Å². The standard InChI is InChI=1S/C17H11N7S/c1-2-5-11(6-3-1)13-9-14(20-19-13)15-21-22-17-24(15)23-16(25-17)12-7-4-8-18-10-12/h1-10H,(H,19,20). The molecule has 4 heterocycles. The first-order valence-corrected chi connectivity index (χ1v) is 8.44. The van der Waals surface area contributed by atoms with Crippen molar-refractivity contribution < 1.29 is 0 Å². The van der Waals surface area contributed by atoms with Crippen LogP contribution >= 0.6 is 11.3 Å². The average Bonchev–Trinajstić information content (AvgIpc) is 3.38. The summed E-state index contributed by atoms with van der Waals surface area (Å²) in [5.74, 6) is 0.635. The molecule has 120 valence electrons. The second-order valence-corrected chi connectivity index (χ2v) is 6.36. The van der Waals surface area contributed by atoms with Crippen molar-refractivity contribution in [3.63, 3.8) is 0 Å². The zero-order valence-electron chi connectivity index (χ0n) is 12.9. The Morgan fingerprint density at radius 3 is 2.68 bits per heavy atom. The van der Waals surface area contributed by atoms with E-state index in [0.29, 0.717) is 5.82 Å². The van der Waals surface area contributed by atoms with Gasteiger partial charge in [-0.15, -0.1) is 10.2 Å². The van der Waals surface area contributed by atoms with Crippen LogP contribution in [0.2, 0.25) is 0 Å². The fourth-order valence-corrected chi connectivity index (χ4v) is 3.41. The number of pyridine rings is 1. The molecule has 0 spiro atoms. The lowest BCUT2D eigenvalue weighted by Crippen LogP contribution is -1.91. The van der Waals surface area contributed by atoms with Gasteiger partial charge in [0.25, 0.3) is 0 Å². The number of nitrogens with one attached hydrogen (secondary N) is 1. The second-order valence-electron chi connectivity index (χ2n) is 5.40. The lowest BCUT2D eigenvalue weighted by Gasteiger charge is -1.93. The summed E-state index contributed by atoms with van der Waals surface area (Å²) in [5.41, 5.74) is 3.63. The third-order valence-corrected chi connectivity index (χ3v) is 4.74. The molecule has 0 unspecified atom stereocenters. The number of benzene rings is 1. The quantitative estimate of drug-likeness (QED) is 0.542. The van der Waals surface area contributed by atoms with Gasteiger partial charge in [-0.05, 0) is 18.2 Å². The summed E-state index contributed by atoms with van der Waals surface area (Å²) in [7, 11) is 0. The van der Waals surface area contributed by atoms with E-state index in [2.05, 4.69) is 30.5 Å². The van der Waals surface area contributed by atoms with E-state index in [1.54, 1.807) is 16.9 Å². The maximum atomic E-state index is 4.62. The summed E-state index contributed by atoms with van der Waals surface area (Å²) in [5, 5.41) is 21.3. The summed E-state index contributed by atoms with van der Waals surface area (Å²) in [6.45, 7) is 0. The highest BCUT2D eigenvalue weighted by Gasteiger charge is 2.16. The molecule has 5 rings (SSSR count). The molecule has 0 aliphatic rings. The molecule has 0 fully saturated rings. The Labute approximate surface area is 146 Å². The smallest absolute Gasteiger partial charge is 0.235 e. The molecule has 8 heteroatoms. The molecule has 0 saturated heterocycles. The van der Waals surface area contributed by atoms with Gasteiger partial charge in [-0.25, -0.2) is 0 Å². The van der Waals surface area contributed by atoms with Gasteiger partial charge < -0.3 is 0 Å². The Bertz CT molecular complexity index is 1140. The van der Waals surface area contributed by atoms with Crippen LogP contribution in [-0.4, -0.2) is 35.0 Å². The molecule has 1 N–H and O–H groups in total. The molecule has 0 atom stereocenters. The molecule has 5 aromatic rings. The molecular formula is C17H11N7S. The van der Waals surface area contributed by atoms with E-state index < -0.39 is 0 Å². The van der Waals surface area contributed by atoms with Crippen molar-refractivity contribution in [1.29, 1.82) is 0 Å². The zero-order valence-corrected chi connectivity index (χ0v) is 13.7. The molecule has 0 saturated carbocycles. The maximum Gasteiger partial charge on any atom is 0.235 e. The third-order valence-electron chi connectivity index (χ3n) is 3.79. The first kappa shape index (κ1) is 14.0. The van der Waals surface area contributed by atoms with Gasteiger partial charge in [0.1, 0.15) is 10.7 Å². The Balaban J connectivity index is 1.58. The van der Waals surface area contributed by atoms with Crippen molar-refractivity contribution in [3.05, 3.63) is 60.9 Å². The minimum atomic E-state index is 0.635. The van der Waals surface area contributed by atoms with E-state index in [1.165, 1.54) is 11.3 Å². The van der Waals surface area contributed by atoms with Gasteiger partial charge in [-0.3, -0.25) is 10.1 Å². The number of hydrogen-bond acceptors (Lipinski definition) is 6. The van der Waals surface area contributed by atoms with E-state index in [4.69, 9.17) is 0 Å². The van der Waals surface area contributed by atoms with Crippen molar-refractivity contribution >= 4 is 16.3 Å². The van der Waals surface area contributed by atoms with E-state index in [-0.39, 0.29) is 0 Å². The highest BCUT2D eigenvalue weighted by atomic mass is 32.1. The first-order valence-electron chi connectivity index (χ1n) is 7.62. The van der Waals surface area contributed by atoms with Crippen LogP contribution in [0.1, 0.15) is 0 Å². The highest BCUT2D eigenvalue weighted by molar-refractivity contribution is 7.19. The number of H-pyrrole nitrogens is 1. The fraction of sp³-hybridized carbons (Fsp3) is 0. The van der Waals surface area contributed by atoms with Gasteiger partial charge in [0.2, 0.25) is 10.8 Å². The van der Waals surface area contributed by atoms with Crippen molar-refractivity contribution in [3.8, 4) is 33.3 Å². The van der Waals surface area contributed by atoms with Crippen molar-refractivity contribution in [2.24, 2.45) is 0 Å². The average molecular weight is 345 g/mol. The molecule has 0 bridgehead atoms. The van der Waals surface area contributed by atoms with Crippen molar-refractivity contribution in [1.82, 2.24) is 35.0 Å². The molecule has 7 nitrogen and oxygen atoms in total. The van der Waals surface area contributed by atoms with E-state index in [9.17, 15) is 0 Å². The number of fused-ring (bicyclic) bond motifs is 1. The lowest BCUT2D eigenvalue weighted by atomic mass is 10.1. The summed E-state index contributed by atoms with van der Waals surface area (Å²) < 4.78 is 1.73. The van der Waals surface area contributed by atoms with Gasteiger partial charge in [-0.2, -0.15) is 14.7 Å². The van der Waals surface area contributed by atoms with Gasteiger partial charge in [0.05, 0.1) is 5.69 Å². The first-order chi connectivity index (χ1) is 12.4. The zero-order chi connectivity index (χ0) is 16.6. The molecule has 0 radical (unpaired) electrons. The number of rotatable bonds is 3. The van der Waals surface area contributed by atoms with Crippen LogP contribution in [-0.2, 0) is 0 Å². The Hall–Kier alpha value is -3.39. The van der Waals surface area contributed by atoms with Crippen molar-refractivity contribution in [2.75, 3.05) is 0 Å². The third kappa shape index (κ3) is 2.39. The number of aromatic amines is 1. The topological polar surface area (TPSA) is 84.6 Å². The molecule has 0 aliphatic carbocycles. The second kappa shape index (κ2) is 5.60. The van der Waals surface area contributed by atoms with Crippen molar-refractivity contribution in [2.45, 2.75) is 0 Å². The summed E-state index contributed by atoms with van der Waals surface area (Å²) >= 11 is 1.47. The maximum absolute atomic E-state index is 4.62. The minimum absolute atomic E-state index is 0.635. The molecule has 1 aromatic carbocycles. The molecule has 4 aromatic heterocycles. The van der Waals surface area contributed by atoms with Crippen LogP contribution in [0.4, 0.5) is 0 Å².